The summed E-state index contributed by atoms with van der Waals surface area (Å²) in [5.74, 6) is 0.0846. The van der Waals surface area contributed by atoms with Gasteiger partial charge in [-0.25, -0.2) is 0 Å². The fourth-order valence-electron chi connectivity index (χ4n) is 1.43. The number of hydrogen-bond donors (Lipinski definition) is 3. The molecule has 16 heavy (non-hydrogen) atoms. The lowest BCUT2D eigenvalue weighted by atomic mass is 10.2. The van der Waals surface area contributed by atoms with Gasteiger partial charge in [-0.15, -0.1) is 0 Å². The molecule has 1 unspecified atom stereocenters. The van der Waals surface area contributed by atoms with Crippen molar-refractivity contribution in [1.29, 1.82) is 0 Å². The molecule has 1 heterocycles. The number of aromatic nitrogens is 2. The van der Waals surface area contributed by atoms with Crippen molar-refractivity contribution in [3.63, 3.8) is 0 Å². The predicted molar refractivity (Wildman–Crippen MR) is 63.7 cm³/mol. The van der Waals surface area contributed by atoms with Crippen LogP contribution in [-0.2, 0) is 0 Å². The highest BCUT2D eigenvalue weighted by Crippen LogP contribution is 2.27. The third-order valence-corrected chi connectivity index (χ3v) is 2.62. The first kappa shape index (κ1) is 10.8. The van der Waals surface area contributed by atoms with Crippen molar-refractivity contribution in [1.82, 2.24) is 10.2 Å². The van der Waals surface area contributed by atoms with E-state index in [9.17, 15) is 5.11 Å². The van der Waals surface area contributed by atoms with Gasteiger partial charge in [-0.1, -0.05) is 11.6 Å². The van der Waals surface area contributed by atoms with Crippen LogP contribution in [0.1, 0.15) is 18.7 Å². The molecule has 0 spiro atoms. The van der Waals surface area contributed by atoms with Gasteiger partial charge in [0.05, 0.1) is 16.8 Å². The minimum absolute atomic E-state index is 0.0846. The summed E-state index contributed by atoms with van der Waals surface area (Å²) in [6.45, 7) is 2.01. The largest absolute Gasteiger partial charge is 0.506 e. The van der Waals surface area contributed by atoms with Crippen LogP contribution >= 0.6 is 11.6 Å². The summed E-state index contributed by atoms with van der Waals surface area (Å²) in [6, 6.07) is 7.02. The van der Waals surface area contributed by atoms with E-state index in [1.165, 1.54) is 0 Å². The summed E-state index contributed by atoms with van der Waals surface area (Å²) in [5, 5.41) is 19.6. The third-order valence-electron chi connectivity index (χ3n) is 2.32. The van der Waals surface area contributed by atoms with Crippen LogP contribution < -0.4 is 5.32 Å². The molecule has 4 nitrogen and oxygen atoms in total. The predicted octanol–water partition coefficient (Wildman–Crippen LogP) is 2.94. The fraction of sp³-hybridized carbons (Fsp3) is 0.182. The summed E-state index contributed by atoms with van der Waals surface area (Å²) in [5.41, 5.74) is 1.84. The first-order valence-electron chi connectivity index (χ1n) is 4.91. The zero-order valence-corrected chi connectivity index (χ0v) is 9.49. The van der Waals surface area contributed by atoms with Crippen LogP contribution in [-0.4, -0.2) is 15.3 Å². The van der Waals surface area contributed by atoms with Gasteiger partial charge in [0.1, 0.15) is 5.75 Å². The van der Waals surface area contributed by atoms with E-state index in [1.54, 1.807) is 24.4 Å². The molecular weight excluding hydrogens is 226 g/mol. The fourth-order valence-corrected chi connectivity index (χ4v) is 1.61. The Bertz CT molecular complexity index is 470. The normalized spacial score (nSPS) is 12.4. The second-order valence-electron chi connectivity index (χ2n) is 3.54. The van der Waals surface area contributed by atoms with Crippen LogP contribution in [0, 0.1) is 0 Å². The monoisotopic (exact) mass is 237 g/mol. The highest BCUT2D eigenvalue weighted by atomic mass is 35.5. The molecule has 0 aliphatic heterocycles. The van der Waals surface area contributed by atoms with Crippen molar-refractivity contribution in [2.75, 3.05) is 5.32 Å². The van der Waals surface area contributed by atoms with E-state index in [1.807, 2.05) is 13.0 Å². The molecule has 0 fully saturated rings. The zero-order valence-electron chi connectivity index (χ0n) is 8.74. The van der Waals surface area contributed by atoms with Crippen molar-refractivity contribution in [3.05, 3.63) is 41.2 Å². The Morgan fingerprint density at radius 1 is 1.44 bits per heavy atom. The number of halogens is 1. The molecule has 0 aliphatic carbocycles. The Labute approximate surface area is 98.3 Å². The van der Waals surface area contributed by atoms with Crippen molar-refractivity contribution in [2.45, 2.75) is 13.0 Å². The van der Waals surface area contributed by atoms with Crippen molar-refractivity contribution in [3.8, 4) is 5.75 Å². The first-order chi connectivity index (χ1) is 7.66. The maximum Gasteiger partial charge on any atom is 0.134 e. The van der Waals surface area contributed by atoms with Crippen LogP contribution in [0.25, 0.3) is 0 Å². The summed E-state index contributed by atoms with van der Waals surface area (Å²) < 4.78 is 0. The Balaban J connectivity index is 2.12. The second-order valence-corrected chi connectivity index (χ2v) is 3.95. The SMILES string of the molecule is CC(Nc1ccc(O)c(Cl)c1)c1ccn[nH]1. The van der Waals surface area contributed by atoms with E-state index in [-0.39, 0.29) is 11.8 Å². The van der Waals surface area contributed by atoms with Crippen molar-refractivity contribution >= 4 is 17.3 Å². The standard InChI is InChI=1S/C11H12ClN3O/c1-7(10-4-5-13-15-10)14-8-2-3-11(16)9(12)6-8/h2-7,14,16H,1H3,(H,13,15). The molecule has 1 aromatic heterocycles. The molecule has 5 heteroatoms. The summed E-state index contributed by atoms with van der Waals surface area (Å²) in [6.07, 6.45) is 1.71. The second kappa shape index (κ2) is 4.45. The lowest BCUT2D eigenvalue weighted by Gasteiger charge is -2.13. The van der Waals surface area contributed by atoms with E-state index >= 15 is 0 Å². The summed E-state index contributed by atoms with van der Waals surface area (Å²) >= 11 is 5.81. The molecule has 3 N–H and O–H groups in total. The maximum absolute atomic E-state index is 9.29. The molecule has 0 bridgehead atoms. The molecule has 2 aromatic rings. The number of benzene rings is 1. The van der Waals surface area contributed by atoms with E-state index in [4.69, 9.17) is 11.6 Å². The summed E-state index contributed by atoms with van der Waals surface area (Å²) in [7, 11) is 0. The molecule has 0 saturated heterocycles. The Kier molecular flexibility index (Phi) is 3.01. The molecule has 0 radical (unpaired) electrons. The van der Waals surface area contributed by atoms with Gasteiger partial charge in [-0.2, -0.15) is 5.10 Å². The average Bonchev–Trinajstić information content (AvgIpc) is 2.77. The van der Waals surface area contributed by atoms with E-state index in [0.717, 1.165) is 11.4 Å². The Morgan fingerprint density at radius 2 is 2.25 bits per heavy atom. The van der Waals surface area contributed by atoms with Gasteiger partial charge in [0.2, 0.25) is 0 Å². The van der Waals surface area contributed by atoms with Gasteiger partial charge in [0.25, 0.3) is 0 Å². The summed E-state index contributed by atoms with van der Waals surface area (Å²) in [4.78, 5) is 0. The third kappa shape index (κ3) is 2.28. The van der Waals surface area contributed by atoms with E-state index < -0.39 is 0 Å². The van der Waals surface area contributed by atoms with Crippen LogP contribution in [0.15, 0.2) is 30.5 Å². The number of phenolic OH excluding ortho intramolecular Hbond substituents is 1. The van der Waals surface area contributed by atoms with E-state index in [0.29, 0.717) is 5.02 Å². The maximum atomic E-state index is 9.29. The number of H-pyrrole nitrogens is 1. The van der Waals surface area contributed by atoms with Gasteiger partial charge in [-0.3, -0.25) is 5.10 Å². The number of anilines is 1. The van der Waals surface area contributed by atoms with Crippen molar-refractivity contribution < 1.29 is 5.11 Å². The van der Waals surface area contributed by atoms with Gasteiger partial charge in [-0.05, 0) is 31.2 Å². The molecule has 1 atom stereocenters. The Morgan fingerprint density at radius 3 is 2.88 bits per heavy atom. The molecule has 0 amide bonds. The quantitative estimate of drug-likeness (QED) is 0.720. The number of nitrogens with zero attached hydrogens (tertiary/aromatic N) is 1. The molecule has 0 saturated carbocycles. The number of rotatable bonds is 3. The number of phenols is 1. The smallest absolute Gasteiger partial charge is 0.134 e. The number of hydrogen-bond acceptors (Lipinski definition) is 3. The minimum atomic E-state index is 0.0846. The minimum Gasteiger partial charge on any atom is -0.506 e. The van der Waals surface area contributed by atoms with Crippen LogP contribution in [0.4, 0.5) is 5.69 Å². The molecular formula is C11H12ClN3O. The average molecular weight is 238 g/mol. The molecule has 0 aliphatic rings. The highest BCUT2D eigenvalue weighted by Gasteiger charge is 2.07. The van der Waals surface area contributed by atoms with Crippen LogP contribution in [0.5, 0.6) is 5.75 Å². The highest BCUT2D eigenvalue weighted by molar-refractivity contribution is 6.32. The molecule has 1 aromatic carbocycles. The van der Waals surface area contributed by atoms with Gasteiger partial charge >= 0.3 is 0 Å². The van der Waals surface area contributed by atoms with E-state index in [2.05, 4.69) is 15.5 Å². The van der Waals surface area contributed by atoms with Gasteiger partial charge in [0.15, 0.2) is 0 Å². The number of nitrogens with one attached hydrogen (secondary N) is 2. The lowest BCUT2D eigenvalue weighted by Crippen LogP contribution is -2.06. The topological polar surface area (TPSA) is 60.9 Å². The van der Waals surface area contributed by atoms with Gasteiger partial charge < -0.3 is 10.4 Å². The Hall–Kier alpha value is -1.68. The van der Waals surface area contributed by atoms with Crippen LogP contribution in [0.3, 0.4) is 0 Å². The van der Waals surface area contributed by atoms with Crippen LogP contribution in [0.2, 0.25) is 5.02 Å². The number of aromatic amines is 1. The van der Waals surface area contributed by atoms with Gasteiger partial charge in [0, 0.05) is 11.9 Å². The first-order valence-corrected chi connectivity index (χ1v) is 5.29. The zero-order chi connectivity index (χ0) is 11.5. The van der Waals surface area contributed by atoms with Crippen molar-refractivity contribution in [2.24, 2.45) is 0 Å². The molecule has 84 valence electrons. The lowest BCUT2D eigenvalue weighted by molar-refractivity contribution is 0.475. The molecule has 2 rings (SSSR count). The number of aromatic hydroxyl groups is 1.